The van der Waals surface area contributed by atoms with E-state index in [0.717, 1.165) is 32.2 Å². The van der Waals surface area contributed by atoms with E-state index in [-0.39, 0.29) is 22.6 Å². The van der Waals surface area contributed by atoms with Gasteiger partial charge in [-0.05, 0) is 68.7 Å². The van der Waals surface area contributed by atoms with Crippen LogP contribution in [0.3, 0.4) is 0 Å². The van der Waals surface area contributed by atoms with Crippen molar-refractivity contribution >= 4 is 26.9 Å². The van der Waals surface area contributed by atoms with Crippen LogP contribution in [-0.4, -0.2) is 49.2 Å². The predicted octanol–water partition coefficient (Wildman–Crippen LogP) is 4.11. The second kappa shape index (κ2) is 7.76. The van der Waals surface area contributed by atoms with E-state index in [0.29, 0.717) is 35.9 Å². The summed E-state index contributed by atoms with van der Waals surface area (Å²) in [6.07, 6.45) is 4.19. The van der Waals surface area contributed by atoms with Crippen LogP contribution in [-0.2, 0) is 10.0 Å². The van der Waals surface area contributed by atoms with E-state index in [9.17, 15) is 13.2 Å². The lowest BCUT2D eigenvalue weighted by atomic mass is 9.94. The van der Waals surface area contributed by atoms with Crippen molar-refractivity contribution in [2.45, 2.75) is 57.4 Å². The molecule has 1 aromatic heterocycles. The maximum atomic E-state index is 13.2. The molecule has 2 aliphatic rings. The first-order valence-corrected chi connectivity index (χ1v) is 12.0. The molecule has 0 saturated carbocycles. The Labute approximate surface area is 172 Å². The maximum absolute atomic E-state index is 13.2. The molecule has 0 radical (unpaired) electrons. The largest absolute Gasteiger partial charge is 0.451 e. The molecule has 2 fully saturated rings. The molecule has 4 rings (SSSR count). The van der Waals surface area contributed by atoms with E-state index in [1.807, 2.05) is 4.90 Å². The Balaban J connectivity index is 1.62. The number of furan rings is 1. The van der Waals surface area contributed by atoms with Crippen LogP contribution in [0.1, 0.15) is 57.0 Å². The van der Waals surface area contributed by atoms with E-state index in [4.69, 9.17) is 4.42 Å². The van der Waals surface area contributed by atoms with Gasteiger partial charge in [0.05, 0.1) is 4.90 Å². The third-order valence-corrected chi connectivity index (χ3v) is 8.06. The third kappa shape index (κ3) is 3.94. The van der Waals surface area contributed by atoms with Crippen molar-refractivity contribution in [3.63, 3.8) is 0 Å². The molecule has 0 N–H and O–H groups in total. The summed E-state index contributed by atoms with van der Waals surface area (Å²) in [7, 11) is -3.56. The number of fused-ring (bicyclic) bond motifs is 1. The molecule has 6 nitrogen and oxygen atoms in total. The van der Waals surface area contributed by atoms with Crippen molar-refractivity contribution in [1.82, 2.24) is 9.21 Å². The highest BCUT2D eigenvalue weighted by molar-refractivity contribution is 7.89. The summed E-state index contributed by atoms with van der Waals surface area (Å²) < 4.78 is 33.7. The van der Waals surface area contributed by atoms with E-state index in [2.05, 4.69) is 20.8 Å². The first kappa shape index (κ1) is 20.4. The average Bonchev–Trinajstić information content (AvgIpc) is 3.10. The smallest absolute Gasteiger partial charge is 0.289 e. The van der Waals surface area contributed by atoms with Crippen LogP contribution >= 0.6 is 0 Å². The molecule has 3 heterocycles. The van der Waals surface area contributed by atoms with E-state index in [1.54, 1.807) is 28.6 Å². The maximum Gasteiger partial charge on any atom is 0.289 e. The first-order chi connectivity index (χ1) is 13.8. The minimum atomic E-state index is -3.56. The van der Waals surface area contributed by atoms with Gasteiger partial charge in [-0.1, -0.05) is 13.8 Å². The van der Waals surface area contributed by atoms with E-state index >= 15 is 0 Å². The highest BCUT2D eigenvalue weighted by atomic mass is 32.2. The fourth-order valence-corrected chi connectivity index (χ4v) is 6.50. The molecule has 1 amide bonds. The highest BCUT2D eigenvalue weighted by Crippen LogP contribution is 2.30. The number of carbonyl (C=O) groups is 1. The number of piperidine rings is 2. The van der Waals surface area contributed by atoms with Gasteiger partial charge in [0.1, 0.15) is 5.58 Å². The van der Waals surface area contributed by atoms with Crippen LogP contribution in [0.25, 0.3) is 11.0 Å². The second-order valence-corrected chi connectivity index (χ2v) is 10.9. The monoisotopic (exact) mass is 418 g/mol. The summed E-state index contributed by atoms with van der Waals surface area (Å²) >= 11 is 0. The molecule has 3 unspecified atom stereocenters. The standard InChI is InChI=1S/C22H30N2O4S/c1-15-10-16(2)14-23(13-15)29(26,27)19-7-8-20-18(11-19)12-21(28-20)22(25)24-9-5-4-6-17(24)3/h7-8,11-12,15-17H,4-6,9-10,13-14H2,1-3H3. The van der Waals surface area contributed by atoms with Crippen LogP contribution < -0.4 is 0 Å². The molecule has 3 atom stereocenters. The van der Waals surface area contributed by atoms with E-state index < -0.39 is 10.0 Å². The molecule has 2 saturated heterocycles. The third-order valence-electron chi connectivity index (χ3n) is 6.24. The Kier molecular flexibility index (Phi) is 5.46. The van der Waals surface area contributed by atoms with Crippen LogP contribution in [0.5, 0.6) is 0 Å². The van der Waals surface area contributed by atoms with E-state index in [1.165, 1.54) is 0 Å². The van der Waals surface area contributed by atoms with Gasteiger partial charge in [-0.25, -0.2) is 8.42 Å². The number of hydrogen-bond donors (Lipinski definition) is 0. The summed E-state index contributed by atoms with van der Waals surface area (Å²) in [6.45, 7) is 8.08. The molecular formula is C22H30N2O4S. The Morgan fingerprint density at radius 3 is 2.48 bits per heavy atom. The minimum absolute atomic E-state index is 0.114. The summed E-state index contributed by atoms with van der Waals surface area (Å²) in [5, 5.41) is 0.650. The number of carbonyl (C=O) groups excluding carboxylic acids is 1. The van der Waals surface area contributed by atoms with Gasteiger partial charge < -0.3 is 9.32 Å². The number of sulfonamides is 1. The van der Waals surface area contributed by atoms with Gasteiger partial charge in [0.2, 0.25) is 10.0 Å². The van der Waals surface area contributed by atoms with Gasteiger partial charge in [0.25, 0.3) is 5.91 Å². The predicted molar refractivity (Wildman–Crippen MR) is 112 cm³/mol. The summed E-state index contributed by atoms with van der Waals surface area (Å²) in [4.78, 5) is 15.0. The lowest BCUT2D eigenvalue weighted by Crippen LogP contribution is -2.42. The lowest BCUT2D eigenvalue weighted by molar-refractivity contribution is 0.0605. The number of hydrogen-bond acceptors (Lipinski definition) is 4. The van der Waals surface area contributed by atoms with Gasteiger partial charge in [-0.2, -0.15) is 4.31 Å². The Hall–Kier alpha value is -1.86. The Bertz CT molecular complexity index is 1000. The van der Waals surface area contributed by atoms with Crippen LogP contribution in [0.2, 0.25) is 0 Å². The summed E-state index contributed by atoms with van der Waals surface area (Å²) in [5.74, 6) is 0.865. The zero-order chi connectivity index (χ0) is 20.8. The van der Waals surface area contributed by atoms with Gasteiger partial charge in [-0.3, -0.25) is 4.79 Å². The van der Waals surface area contributed by atoms with Crippen molar-refractivity contribution in [3.05, 3.63) is 30.0 Å². The average molecular weight is 419 g/mol. The molecule has 1 aromatic carbocycles. The Morgan fingerprint density at radius 1 is 1.07 bits per heavy atom. The zero-order valence-electron chi connectivity index (χ0n) is 17.4. The zero-order valence-corrected chi connectivity index (χ0v) is 18.2. The minimum Gasteiger partial charge on any atom is -0.451 e. The van der Waals surface area contributed by atoms with Crippen molar-refractivity contribution in [2.75, 3.05) is 19.6 Å². The quantitative estimate of drug-likeness (QED) is 0.752. The number of nitrogens with zero attached hydrogens (tertiary/aromatic N) is 2. The van der Waals surface area contributed by atoms with Gasteiger partial charge in [0.15, 0.2) is 5.76 Å². The molecule has 158 valence electrons. The molecular weight excluding hydrogens is 388 g/mol. The topological polar surface area (TPSA) is 70.8 Å². The number of benzene rings is 1. The molecule has 0 aliphatic carbocycles. The van der Waals surface area contributed by atoms with Gasteiger partial charge in [-0.15, -0.1) is 0 Å². The number of amides is 1. The van der Waals surface area contributed by atoms with Crippen molar-refractivity contribution in [3.8, 4) is 0 Å². The fraction of sp³-hybridized carbons (Fsp3) is 0.591. The highest BCUT2D eigenvalue weighted by Gasteiger charge is 2.32. The van der Waals surface area contributed by atoms with Crippen molar-refractivity contribution in [2.24, 2.45) is 11.8 Å². The summed E-state index contributed by atoms with van der Waals surface area (Å²) in [6, 6.07) is 6.76. The molecule has 2 aromatic rings. The number of rotatable bonds is 3. The van der Waals surface area contributed by atoms with Crippen LogP contribution in [0, 0.1) is 11.8 Å². The lowest BCUT2D eigenvalue weighted by Gasteiger charge is -2.34. The van der Waals surface area contributed by atoms with Crippen LogP contribution in [0.4, 0.5) is 0 Å². The molecule has 2 aliphatic heterocycles. The normalized spacial score (nSPS) is 26.7. The second-order valence-electron chi connectivity index (χ2n) is 8.92. The summed E-state index contributed by atoms with van der Waals surface area (Å²) in [5.41, 5.74) is 0.539. The Morgan fingerprint density at radius 2 is 1.79 bits per heavy atom. The van der Waals surface area contributed by atoms with Crippen molar-refractivity contribution < 1.29 is 17.6 Å². The van der Waals surface area contributed by atoms with Crippen molar-refractivity contribution in [1.29, 1.82) is 0 Å². The van der Waals surface area contributed by atoms with Gasteiger partial charge in [0, 0.05) is 31.1 Å². The fourth-order valence-electron chi connectivity index (χ4n) is 4.78. The van der Waals surface area contributed by atoms with Crippen LogP contribution in [0.15, 0.2) is 33.6 Å². The molecule has 7 heteroatoms. The van der Waals surface area contributed by atoms with Gasteiger partial charge >= 0.3 is 0 Å². The first-order valence-electron chi connectivity index (χ1n) is 10.6. The molecule has 0 spiro atoms. The number of likely N-dealkylation sites (tertiary alicyclic amines) is 1. The SMILES string of the molecule is CC1CC(C)CN(S(=O)(=O)c2ccc3oc(C(=O)N4CCCCC4C)cc3c2)C1. The molecule has 0 bridgehead atoms. The molecule has 29 heavy (non-hydrogen) atoms.